The number of anilines is 2. The quantitative estimate of drug-likeness (QED) is 0.518. The van der Waals surface area contributed by atoms with E-state index in [0.717, 1.165) is 0 Å². The van der Waals surface area contributed by atoms with Gasteiger partial charge >= 0.3 is 0 Å². The third-order valence-electron chi connectivity index (χ3n) is 2.01. The minimum Gasteiger partial charge on any atom is -0.385 e. The van der Waals surface area contributed by atoms with Gasteiger partial charge in [-0.25, -0.2) is 4.98 Å². The minimum absolute atomic E-state index is 0.0457. The summed E-state index contributed by atoms with van der Waals surface area (Å²) in [5.74, 6) is 0.246. The lowest BCUT2D eigenvalue weighted by atomic mass is 10.3. The molecule has 1 aliphatic rings. The first kappa shape index (κ1) is 9.78. The van der Waals surface area contributed by atoms with Crippen molar-refractivity contribution < 1.29 is 9.59 Å². The van der Waals surface area contributed by atoms with E-state index >= 15 is 0 Å². The lowest BCUT2D eigenvalue weighted by molar-refractivity contribution is -0.121. The summed E-state index contributed by atoms with van der Waals surface area (Å²) in [6, 6.07) is 1.48. The van der Waals surface area contributed by atoms with Crippen molar-refractivity contribution in [1.82, 2.24) is 9.97 Å². The highest BCUT2D eigenvalue weighted by Crippen LogP contribution is 2.18. The van der Waals surface area contributed by atoms with Gasteiger partial charge in [0.15, 0.2) is 10.6 Å². The number of nitrogen functional groups attached to an aromatic ring is 1. The van der Waals surface area contributed by atoms with Gasteiger partial charge in [0, 0.05) is 6.07 Å². The molecule has 2 heterocycles. The van der Waals surface area contributed by atoms with Crippen LogP contribution in [0.4, 0.5) is 11.6 Å². The highest BCUT2D eigenvalue weighted by Gasteiger charge is 2.29. The zero-order valence-electron chi connectivity index (χ0n) is 7.69. The van der Waals surface area contributed by atoms with Gasteiger partial charge in [0.25, 0.3) is 0 Å². The van der Waals surface area contributed by atoms with Crippen molar-refractivity contribution in [2.45, 2.75) is 6.42 Å². The van der Waals surface area contributed by atoms with Crippen LogP contribution in [0.3, 0.4) is 0 Å². The van der Waals surface area contributed by atoms with Crippen LogP contribution in [0.1, 0.15) is 6.42 Å². The smallest absolute Gasteiger partial charge is 0.236 e. The Kier molecular flexibility index (Phi) is 2.24. The topological polar surface area (TPSA) is 92.1 Å². The molecule has 0 aromatic carbocycles. The molecule has 7 heteroatoms. The van der Waals surface area contributed by atoms with Gasteiger partial charge in [0.2, 0.25) is 5.91 Å². The van der Waals surface area contributed by atoms with Crippen molar-refractivity contribution in [3.63, 3.8) is 0 Å². The van der Waals surface area contributed by atoms with E-state index in [0.29, 0.717) is 11.6 Å². The molecule has 0 atom stereocenters. The molecule has 1 saturated heterocycles. The van der Waals surface area contributed by atoms with Crippen molar-refractivity contribution in [2.75, 3.05) is 17.2 Å². The molecule has 6 nitrogen and oxygen atoms in total. The first-order chi connectivity index (χ1) is 7.06. The highest BCUT2D eigenvalue weighted by atomic mass is 32.1. The number of carbonyl (C=O) groups excluding carboxylic acids is 2. The van der Waals surface area contributed by atoms with E-state index in [1.807, 2.05) is 0 Å². The third kappa shape index (κ3) is 1.86. The average Bonchev–Trinajstić information content (AvgIpc) is 2.43. The SMILES string of the molecule is Nc1cc(N2CC(=O)CC2=O)nc(=S)[nH]1. The number of rotatable bonds is 1. The van der Waals surface area contributed by atoms with Gasteiger partial charge < -0.3 is 10.7 Å². The van der Waals surface area contributed by atoms with E-state index in [4.69, 9.17) is 18.0 Å². The predicted molar refractivity (Wildman–Crippen MR) is 55.8 cm³/mol. The standard InChI is InChI=1S/C8H8N4O2S/c9-5-2-6(11-8(15)10-5)12-3-4(13)1-7(12)14/h2H,1,3H2,(H3,9,10,11,15). The van der Waals surface area contributed by atoms with Crippen LogP contribution in [0.2, 0.25) is 0 Å². The van der Waals surface area contributed by atoms with Crippen LogP contribution in [0.5, 0.6) is 0 Å². The van der Waals surface area contributed by atoms with E-state index in [9.17, 15) is 9.59 Å². The molecule has 0 radical (unpaired) electrons. The second-order valence-corrected chi connectivity index (χ2v) is 3.58. The van der Waals surface area contributed by atoms with Gasteiger partial charge in [-0.05, 0) is 12.2 Å². The summed E-state index contributed by atoms with van der Waals surface area (Å²) in [5, 5.41) is 0. The number of aromatic nitrogens is 2. The fourth-order valence-corrected chi connectivity index (χ4v) is 1.61. The van der Waals surface area contributed by atoms with E-state index in [-0.39, 0.29) is 29.4 Å². The zero-order valence-corrected chi connectivity index (χ0v) is 8.50. The maximum absolute atomic E-state index is 11.4. The lowest BCUT2D eigenvalue weighted by Crippen LogP contribution is -2.25. The molecule has 1 aromatic rings. The second-order valence-electron chi connectivity index (χ2n) is 3.20. The molecular weight excluding hydrogens is 216 g/mol. The summed E-state index contributed by atoms with van der Waals surface area (Å²) in [6.45, 7) is 0.0457. The van der Waals surface area contributed by atoms with E-state index in [1.165, 1.54) is 11.0 Å². The number of nitrogens with zero attached hydrogens (tertiary/aromatic N) is 2. The Balaban J connectivity index is 2.41. The molecule has 1 amide bonds. The first-order valence-corrected chi connectivity index (χ1v) is 4.66. The van der Waals surface area contributed by atoms with Crippen molar-refractivity contribution in [3.05, 3.63) is 10.8 Å². The number of hydrogen-bond donors (Lipinski definition) is 2. The van der Waals surface area contributed by atoms with Crippen LogP contribution < -0.4 is 10.6 Å². The maximum Gasteiger partial charge on any atom is 0.236 e. The number of ketones is 1. The van der Waals surface area contributed by atoms with Gasteiger partial charge in [0.1, 0.15) is 11.6 Å². The summed E-state index contributed by atoms with van der Waals surface area (Å²) in [7, 11) is 0. The van der Waals surface area contributed by atoms with Crippen molar-refractivity contribution in [1.29, 1.82) is 0 Å². The number of nitrogens with one attached hydrogen (secondary N) is 1. The van der Waals surface area contributed by atoms with E-state index in [1.54, 1.807) is 0 Å². The number of aromatic amines is 1. The first-order valence-electron chi connectivity index (χ1n) is 4.25. The molecule has 2 rings (SSSR count). The summed E-state index contributed by atoms with van der Waals surface area (Å²) in [6.07, 6.45) is -0.0764. The molecule has 1 aliphatic heterocycles. The van der Waals surface area contributed by atoms with Crippen LogP contribution in [-0.2, 0) is 9.59 Å². The zero-order chi connectivity index (χ0) is 11.0. The van der Waals surface area contributed by atoms with Crippen LogP contribution in [0, 0.1) is 4.77 Å². The number of H-pyrrole nitrogens is 1. The van der Waals surface area contributed by atoms with Gasteiger partial charge in [0.05, 0.1) is 13.0 Å². The van der Waals surface area contributed by atoms with E-state index < -0.39 is 0 Å². The molecule has 0 saturated carbocycles. The number of carbonyl (C=O) groups is 2. The molecule has 1 aromatic heterocycles. The summed E-state index contributed by atoms with van der Waals surface area (Å²) in [5.41, 5.74) is 5.52. The Morgan fingerprint density at radius 1 is 1.53 bits per heavy atom. The van der Waals surface area contributed by atoms with Crippen molar-refractivity contribution >= 4 is 35.5 Å². The summed E-state index contributed by atoms with van der Waals surface area (Å²) in [4.78, 5) is 30.3. The van der Waals surface area contributed by atoms with Crippen molar-refractivity contribution in [3.8, 4) is 0 Å². The van der Waals surface area contributed by atoms with Crippen LogP contribution in [0.15, 0.2) is 6.07 Å². The van der Waals surface area contributed by atoms with E-state index in [2.05, 4.69) is 9.97 Å². The number of Topliss-reactive ketones (excluding diaryl/α,β-unsaturated/α-hetero) is 1. The molecule has 0 aliphatic carbocycles. The normalized spacial score (nSPS) is 16.1. The molecule has 0 bridgehead atoms. The fraction of sp³-hybridized carbons (Fsp3) is 0.250. The second kappa shape index (κ2) is 3.43. The van der Waals surface area contributed by atoms with Gasteiger partial charge in [-0.3, -0.25) is 14.5 Å². The largest absolute Gasteiger partial charge is 0.385 e. The van der Waals surface area contributed by atoms with Crippen LogP contribution >= 0.6 is 12.2 Å². The Labute approximate surface area is 90.1 Å². The van der Waals surface area contributed by atoms with Gasteiger partial charge in [-0.2, -0.15) is 0 Å². The molecular formula is C8H8N4O2S. The molecule has 78 valence electrons. The number of hydrogen-bond acceptors (Lipinski definition) is 5. The molecule has 0 unspecified atom stereocenters. The minimum atomic E-state index is -0.271. The Bertz CT molecular complexity index is 496. The maximum atomic E-state index is 11.4. The van der Waals surface area contributed by atoms with Crippen LogP contribution in [0.25, 0.3) is 0 Å². The molecule has 3 N–H and O–H groups in total. The predicted octanol–water partition coefficient (Wildman–Crippen LogP) is 0.0272. The monoisotopic (exact) mass is 224 g/mol. The summed E-state index contributed by atoms with van der Waals surface area (Å²) < 4.78 is 0.192. The number of amides is 1. The Morgan fingerprint density at radius 2 is 2.27 bits per heavy atom. The average molecular weight is 224 g/mol. The lowest BCUT2D eigenvalue weighted by Gasteiger charge is -2.13. The Hall–Kier alpha value is -1.76. The molecule has 0 spiro atoms. The van der Waals surface area contributed by atoms with Gasteiger partial charge in [-0.1, -0.05) is 0 Å². The van der Waals surface area contributed by atoms with Crippen molar-refractivity contribution in [2.24, 2.45) is 0 Å². The van der Waals surface area contributed by atoms with Crippen LogP contribution in [-0.4, -0.2) is 28.2 Å². The Morgan fingerprint density at radius 3 is 2.80 bits per heavy atom. The third-order valence-corrected chi connectivity index (χ3v) is 2.21. The number of nitrogens with two attached hydrogens (primary N) is 1. The van der Waals surface area contributed by atoms with Gasteiger partial charge in [-0.15, -0.1) is 0 Å². The highest BCUT2D eigenvalue weighted by molar-refractivity contribution is 7.71. The summed E-state index contributed by atoms with van der Waals surface area (Å²) >= 11 is 4.82. The fourth-order valence-electron chi connectivity index (χ4n) is 1.39. The molecule has 15 heavy (non-hydrogen) atoms. The molecule has 1 fully saturated rings.